The molecule has 7 heteroatoms. The molecule has 0 aliphatic heterocycles. The topological polar surface area (TPSA) is 71.1 Å². The molecule has 5 nitrogen and oxygen atoms in total. The maximum Gasteiger partial charge on any atom is 0.212 e. The van der Waals surface area contributed by atoms with Crippen LogP contribution in [0.4, 0.5) is 0 Å². The van der Waals surface area contributed by atoms with Gasteiger partial charge in [-0.2, -0.15) is 0 Å². The van der Waals surface area contributed by atoms with Crippen LogP contribution in [-0.2, 0) is 10.0 Å². The summed E-state index contributed by atoms with van der Waals surface area (Å²) in [6, 6.07) is 0.120. The van der Waals surface area contributed by atoms with Crippen molar-refractivity contribution in [2.45, 2.75) is 46.2 Å². The van der Waals surface area contributed by atoms with Gasteiger partial charge in [-0.25, -0.2) is 18.1 Å². The smallest absolute Gasteiger partial charge is 0.212 e. The molecule has 1 heterocycles. The lowest BCUT2D eigenvalue weighted by Gasteiger charge is -2.12. The molecule has 0 amide bonds. The van der Waals surface area contributed by atoms with E-state index in [1.807, 2.05) is 33.1 Å². The molecule has 19 heavy (non-hydrogen) atoms. The third-order valence-corrected chi connectivity index (χ3v) is 5.19. The van der Waals surface area contributed by atoms with E-state index in [4.69, 9.17) is 0 Å². The number of aromatic nitrogens is 1. The summed E-state index contributed by atoms with van der Waals surface area (Å²) in [4.78, 5) is 4.29. The van der Waals surface area contributed by atoms with Crippen LogP contribution in [0.15, 0.2) is 5.38 Å². The zero-order valence-corrected chi connectivity index (χ0v) is 13.6. The lowest BCUT2D eigenvalue weighted by Crippen LogP contribution is -2.31. The lowest BCUT2D eigenvalue weighted by atomic mass is 10.4. The molecule has 1 aromatic heterocycles. The quantitative estimate of drug-likeness (QED) is 0.719. The van der Waals surface area contributed by atoms with E-state index in [0.717, 1.165) is 10.7 Å². The van der Waals surface area contributed by atoms with Gasteiger partial charge in [0.15, 0.2) is 0 Å². The second-order valence-corrected chi connectivity index (χ2v) is 7.71. The zero-order valence-electron chi connectivity index (χ0n) is 11.9. The first kappa shape index (κ1) is 16.6. The Bertz CT molecular complexity index is 483. The van der Waals surface area contributed by atoms with Crippen LogP contribution in [-0.4, -0.2) is 31.7 Å². The maximum atomic E-state index is 11.9. The average molecular weight is 305 g/mol. The molecule has 1 unspecified atom stereocenters. The molecule has 0 fully saturated rings. The standard InChI is InChI=1S/C12H23N3O2S2/c1-9(2)13-6-5-7-19(16,17)15-11(4)12-14-10(3)8-18-12/h8-9,11,13,15H,5-7H2,1-4H3. The second kappa shape index (κ2) is 7.33. The van der Waals surface area contributed by atoms with Crippen LogP contribution in [0.25, 0.3) is 0 Å². The van der Waals surface area contributed by atoms with E-state index in [1.54, 1.807) is 0 Å². The van der Waals surface area contributed by atoms with Crippen molar-refractivity contribution in [2.24, 2.45) is 0 Å². The van der Waals surface area contributed by atoms with Crippen molar-refractivity contribution in [2.75, 3.05) is 12.3 Å². The minimum atomic E-state index is -3.24. The number of nitrogens with one attached hydrogen (secondary N) is 2. The van der Waals surface area contributed by atoms with Gasteiger partial charge in [0.1, 0.15) is 5.01 Å². The molecule has 0 aliphatic carbocycles. The third-order valence-electron chi connectivity index (χ3n) is 2.51. The highest BCUT2D eigenvalue weighted by Crippen LogP contribution is 2.18. The Labute approximate surface area is 119 Å². The first-order chi connectivity index (χ1) is 8.80. The Hall–Kier alpha value is -0.500. The van der Waals surface area contributed by atoms with E-state index in [1.165, 1.54) is 11.3 Å². The second-order valence-electron chi connectivity index (χ2n) is 4.95. The van der Waals surface area contributed by atoms with E-state index in [-0.39, 0.29) is 11.8 Å². The Morgan fingerprint density at radius 3 is 2.58 bits per heavy atom. The van der Waals surface area contributed by atoms with Crippen molar-refractivity contribution in [1.29, 1.82) is 0 Å². The molecular formula is C12H23N3O2S2. The van der Waals surface area contributed by atoms with Gasteiger partial charge < -0.3 is 5.32 Å². The molecule has 0 radical (unpaired) electrons. The molecule has 110 valence electrons. The van der Waals surface area contributed by atoms with Crippen LogP contribution in [0.3, 0.4) is 0 Å². The molecular weight excluding hydrogens is 282 g/mol. The fourth-order valence-corrected chi connectivity index (χ4v) is 3.77. The Morgan fingerprint density at radius 1 is 1.37 bits per heavy atom. The number of hydrogen-bond donors (Lipinski definition) is 2. The van der Waals surface area contributed by atoms with Gasteiger partial charge >= 0.3 is 0 Å². The number of rotatable bonds is 8. The lowest BCUT2D eigenvalue weighted by molar-refractivity contribution is 0.551. The SMILES string of the molecule is Cc1csc(C(C)NS(=O)(=O)CCCNC(C)C)n1. The highest BCUT2D eigenvalue weighted by molar-refractivity contribution is 7.89. The van der Waals surface area contributed by atoms with Crippen molar-refractivity contribution in [3.05, 3.63) is 16.1 Å². The number of aryl methyl sites for hydroxylation is 1. The van der Waals surface area contributed by atoms with Crippen molar-refractivity contribution >= 4 is 21.4 Å². The highest BCUT2D eigenvalue weighted by Gasteiger charge is 2.17. The summed E-state index contributed by atoms with van der Waals surface area (Å²) in [7, 11) is -3.24. The predicted molar refractivity (Wildman–Crippen MR) is 79.9 cm³/mol. The summed E-state index contributed by atoms with van der Waals surface area (Å²) in [5.41, 5.74) is 0.923. The fourth-order valence-electron chi connectivity index (χ4n) is 1.60. The first-order valence-corrected chi connectivity index (χ1v) is 8.99. The minimum Gasteiger partial charge on any atom is -0.314 e. The summed E-state index contributed by atoms with van der Waals surface area (Å²) in [6.45, 7) is 8.52. The van der Waals surface area contributed by atoms with Gasteiger partial charge in [-0.15, -0.1) is 11.3 Å². The molecule has 0 saturated carbocycles. The molecule has 0 aliphatic rings. The molecule has 1 atom stereocenters. The average Bonchev–Trinajstić information content (AvgIpc) is 2.70. The molecule has 0 aromatic carbocycles. The molecule has 1 rings (SSSR count). The molecule has 1 aromatic rings. The van der Waals surface area contributed by atoms with Crippen molar-refractivity contribution in [3.8, 4) is 0 Å². The first-order valence-electron chi connectivity index (χ1n) is 6.45. The van der Waals surface area contributed by atoms with Crippen LogP contribution in [0.5, 0.6) is 0 Å². The molecule has 0 bridgehead atoms. The monoisotopic (exact) mass is 305 g/mol. The van der Waals surface area contributed by atoms with Gasteiger partial charge in [-0.1, -0.05) is 13.8 Å². The van der Waals surface area contributed by atoms with Crippen molar-refractivity contribution in [3.63, 3.8) is 0 Å². The van der Waals surface area contributed by atoms with E-state index < -0.39 is 10.0 Å². The van der Waals surface area contributed by atoms with Crippen molar-refractivity contribution in [1.82, 2.24) is 15.0 Å². The van der Waals surface area contributed by atoms with Gasteiger partial charge in [-0.3, -0.25) is 0 Å². The minimum absolute atomic E-state index is 0.140. The zero-order chi connectivity index (χ0) is 14.5. The third kappa shape index (κ3) is 6.47. The summed E-state index contributed by atoms with van der Waals surface area (Å²) < 4.78 is 26.5. The number of hydrogen-bond acceptors (Lipinski definition) is 5. The largest absolute Gasteiger partial charge is 0.314 e. The van der Waals surface area contributed by atoms with Gasteiger partial charge in [-0.05, 0) is 26.8 Å². The van der Waals surface area contributed by atoms with Gasteiger partial charge in [0.05, 0.1) is 11.8 Å². The molecule has 2 N–H and O–H groups in total. The van der Waals surface area contributed by atoms with Gasteiger partial charge in [0.25, 0.3) is 0 Å². The predicted octanol–water partition coefficient (Wildman–Crippen LogP) is 1.82. The number of thiazole rings is 1. The summed E-state index contributed by atoms with van der Waals surface area (Å²) in [5, 5.41) is 5.93. The Balaban J connectivity index is 2.41. The summed E-state index contributed by atoms with van der Waals surface area (Å²) in [5.74, 6) is 0.140. The number of sulfonamides is 1. The normalized spacial score (nSPS) is 13.9. The van der Waals surface area contributed by atoms with E-state index in [9.17, 15) is 8.42 Å². The highest BCUT2D eigenvalue weighted by atomic mass is 32.2. The molecule has 0 spiro atoms. The van der Waals surface area contributed by atoms with Crippen LogP contribution < -0.4 is 10.0 Å². The Morgan fingerprint density at radius 2 is 2.05 bits per heavy atom. The van der Waals surface area contributed by atoms with Gasteiger partial charge in [0, 0.05) is 17.1 Å². The maximum absolute atomic E-state index is 11.9. The van der Waals surface area contributed by atoms with Crippen LogP contribution in [0, 0.1) is 6.92 Å². The van der Waals surface area contributed by atoms with E-state index in [0.29, 0.717) is 19.0 Å². The van der Waals surface area contributed by atoms with Crippen LogP contribution in [0.2, 0.25) is 0 Å². The van der Waals surface area contributed by atoms with Crippen LogP contribution in [0.1, 0.15) is 43.9 Å². The number of nitrogens with zero attached hydrogens (tertiary/aromatic N) is 1. The van der Waals surface area contributed by atoms with Crippen LogP contribution >= 0.6 is 11.3 Å². The van der Waals surface area contributed by atoms with E-state index >= 15 is 0 Å². The Kier molecular flexibility index (Phi) is 6.38. The van der Waals surface area contributed by atoms with E-state index in [2.05, 4.69) is 15.0 Å². The van der Waals surface area contributed by atoms with Gasteiger partial charge in [0.2, 0.25) is 10.0 Å². The van der Waals surface area contributed by atoms with Crippen molar-refractivity contribution < 1.29 is 8.42 Å². The summed E-state index contributed by atoms with van der Waals surface area (Å²) >= 11 is 1.48. The summed E-state index contributed by atoms with van der Waals surface area (Å²) in [6.07, 6.45) is 0.608. The molecule has 0 saturated heterocycles. The fraction of sp³-hybridized carbons (Fsp3) is 0.750.